The van der Waals surface area contributed by atoms with Crippen LogP contribution in [0.4, 0.5) is 0 Å². The normalized spacial score (nSPS) is 10.4. The van der Waals surface area contributed by atoms with E-state index in [1.54, 1.807) is 12.4 Å². The van der Waals surface area contributed by atoms with Crippen molar-refractivity contribution in [3.05, 3.63) is 40.8 Å². The summed E-state index contributed by atoms with van der Waals surface area (Å²) in [4.78, 5) is 14.9. The fourth-order valence-corrected chi connectivity index (χ4v) is 2.17. The topological polar surface area (TPSA) is 34.9 Å². The zero-order valence-electron chi connectivity index (χ0n) is 9.07. The lowest BCUT2D eigenvalue weighted by Crippen LogP contribution is -1.94. The van der Waals surface area contributed by atoms with Gasteiger partial charge in [-0.2, -0.15) is 0 Å². The van der Waals surface area contributed by atoms with E-state index < -0.39 is 0 Å². The number of carbonyl (C=O) groups excluding carboxylic acids is 1. The molecule has 0 unspecified atom stereocenters. The van der Waals surface area contributed by atoms with Crippen LogP contribution in [0.15, 0.2) is 24.5 Å². The maximum atomic E-state index is 10.9. The molecular weight excluding hydrogens is 224 g/mol. The molecule has 0 spiro atoms. The van der Waals surface area contributed by atoms with Crippen LogP contribution in [0.5, 0.6) is 0 Å². The van der Waals surface area contributed by atoms with E-state index in [4.69, 9.17) is 11.6 Å². The van der Waals surface area contributed by atoms with Crippen molar-refractivity contribution in [1.82, 2.24) is 9.55 Å². The van der Waals surface area contributed by atoms with Crippen molar-refractivity contribution in [2.24, 2.45) is 7.05 Å². The minimum Gasteiger partial charge on any atom is -0.346 e. The van der Waals surface area contributed by atoms with Gasteiger partial charge < -0.3 is 4.57 Å². The van der Waals surface area contributed by atoms with Gasteiger partial charge >= 0.3 is 0 Å². The summed E-state index contributed by atoms with van der Waals surface area (Å²) in [6, 6.07) is 3.74. The summed E-state index contributed by atoms with van der Waals surface area (Å²) in [6.45, 7) is 1.88. The third-order valence-corrected chi connectivity index (χ3v) is 3.13. The van der Waals surface area contributed by atoms with Gasteiger partial charge in [-0.15, -0.1) is 0 Å². The van der Waals surface area contributed by atoms with E-state index >= 15 is 0 Å². The van der Waals surface area contributed by atoms with E-state index in [0.29, 0.717) is 10.6 Å². The first-order chi connectivity index (χ1) is 7.66. The van der Waals surface area contributed by atoms with Crippen LogP contribution >= 0.6 is 11.6 Å². The Hall–Kier alpha value is -1.61. The Morgan fingerprint density at radius 2 is 2.00 bits per heavy atom. The molecule has 0 saturated heterocycles. The first-order valence-electron chi connectivity index (χ1n) is 4.87. The summed E-state index contributed by atoms with van der Waals surface area (Å²) >= 11 is 6.20. The Morgan fingerprint density at radius 1 is 1.38 bits per heavy atom. The van der Waals surface area contributed by atoms with Gasteiger partial charge in [0.15, 0.2) is 6.29 Å². The number of aldehydes is 1. The molecule has 16 heavy (non-hydrogen) atoms. The summed E-state index contributed by atoms with van der Waals surface area (Å²) in [6.07, 6.45) is 4.20. The summed E-state index contributed by atoms with van der Waals surface area (Å²) in [5.74, 6) is 0. The van der Waals surface area contributed by atoms with E-state index in [1.165, 1.54) is 0 Å². The molecule has 4 heteroatoms. The Labute approximate surface area is 98.7 Å². The van der Waals surface area contributed by atoms with Gasteiger partial charge in [0, 0.05) is 30.7 Å². The molecule has 82 valence electrons. The molecule has 2 heterocycles. The molecule has 3 nitrogen and oxygen atoms in total. The highest BCUT2D eigenvalue weighted by Gasteiger charge is 2.17. The number of halogens is 1. The SMILES string of the molecule is Cc1c(C=O)c(Cl)c(-c2ccncc2)n1C. The molecule has 0 atom stereocenters. The molecule has 0 aliphatic carbocycles. The third kappa shape index (κ3) is 1.53. The molecule has 0 aliphatic rings. The molecule has 0 amide bonds. The predicted molar refractivity (Wildman–Crippen MR) is 63.8 cm³/mol. The molecule has 0 radical (unpaired) electrons. The van der Waals surface area contributed by atoms with Gasteiger partial charge in [-0.3, -0.25) is 9.78 Å². The number of nitrogens with zero attached hydrogens (tertiary/aromatic N) is 2. The van der Waals surface area contributed by atoms with Crippen molar-refractivity contribution in [3.63, 3.8) is 0 Å². The van der Waals surface area contributed by atoms with Gasteiger partial charge in [0.1, 0.15) is 0 Å². The van der Waals surface area contributed by atoms with Crippen molar-refractivity contribution in [2.45, 2.75) is 6.92 Å². The summed E-state index contributed by atoms with van der Waals surface area (Å²) < 4.78 is 1.92. The number of hydrogen-bond donors (Lipinski definition) is 0. The van der Waals surface area contributed by atoms with Gasteiger partial charge in [0.2, 0.25) is 0 Å². The number of hydrogen-bond acceptors (Lipinski definition) is 2. The minimum absolute atomic E-state index is 0.501. The number of carbonyl (C=O) groups is 1. The molecule has 2 rings (SSSR count). The second-order valence-electron chi connectivity index (χ2n) is 3.57. The standard InChI is InChI=1S/C12H11ClN2O/c1-8-10(7-16)11(13)12(15(8)2)9-3-5-14-6-4-9/h3-7H,1-2H3. The Morgan fingerprint density at radius 3 is 2.50 bits per heavy atom. The lowest BCUT2D eigenvalue weighted by Gasteiger charge is -2.04. The molecule has 2 aromatic heterocycles. The second kappa shape index (κ2) is 4.10. The maximum Gasteiger partial charge on any atom is 0.153 e. The van der Waals surface area contributed by atoms with E-state index in [9.17, 15) is 4.79 Å². The number of rotatable bonds is 2. The maximum absolute atomic E-state index is 10.9. The van der Waals surface area contributed by atoms with Crippen molar-refractivity contribution >= 4 is 17.9 Å². The largest absolute Gasteiger partial charge is 0.346 e. The van der Waals surface area contributed by atoms with Crippen molar-refractivity contribution < 1.29 is 4.79 Å². The van der Waals surface area contributed by atoms with Crippen molar-refractivity contribution in [3.8, 4) is 11.3 Å². The quantitative estimate of drug-likeness (QED) is 0.749. The highest BCUT2D eigenvalue weighted by molar-refractivity contribution is 6.35. The zero-order valence-corrected chi connectivity index (χ0v) is 9.82. The van der Waals surface area contributed by atoms with Gasteiger partial charge in [-0.05, 0) is 19.1 Å². The second-order valence-corrected chi connectivity index (χ2v) is 3.95. The highest BCUT2D eigenvalue weighted by Crippen LogP contribution is 2.33. The van der Waals surface area contributed by atoms with Gasteiger partial charge in [0.25, 0.3) is 0 Å². The van der Waals surface area contributed by atoms with Crippen LogP contribution in [-0.2, 0) is 7.05 Å². The number of pyridine rings is 1. The smallest absolute Gasteiger partial charge is 0.153 e. The highest BCUT2D eigenvalue weighted by atomic mass is 35.5. The molecule has 0 fully saturated rings. The average Bonchev–Trinajstić information content (AvgIpc) is 2.51. The Kier molecular flexibility index (Phi) is 2.79. The molecule has 0 saturated carbocycles. The van der Waals surface area contributed by atoms with E-state index in [-0.39, 0.29) is 0 Å². The Bertz CT molecular complexity index is 532. The van der Waals surface area contributed by atoms with Crippen LogP contribution in [-0.4, -0.2) is 15.8 Å². The van der Waals surface area contributed by atoms with E-state index in [0.717, 1.165) is 23.2 Å². The third-order valence-electron chi connectivity index (χ3n) is 2.74. The average molecular weight is 235 g/mol. The molecular formula is C12H11ClN2O. The van der Waals surface area contributed by atoms with E-state index in [2.05, 4.69) is 4.98 Å². The van der Waals surface area contributed by atoms with Gasteiger partial charge in [0.05, 0.1) is 16.3 Å². The van der Waals surface area contributed by atoms with E-state index in [1.807, 2.05) is 30.7 Å². The van der Waals surface area contributed by atoms with Crippen LogP contribution in [0.1, 0.15) is 16.1 Å². The molecule has 0 N–H and O–H groups in total. The Balaban J connectivity index is 2.71. The fourth-order valence-electron chi connectivity index (χ4n) is 1.75. The lowest BCUT2D eigenvalue weighted by atomic mass is 10.2. The fraction of sp³-hybridized carbons (Fsp3) is 0.167. The van der Waals surface area contributed by atoms with Crippen LogP contribution in [0.25, 0.3) is 11.3 Å². The van der Waals surface area contributed by atoms with Crippen molar-refractivity contribution in [2.75, 3.05) is 0 Å². The van der Waals surface area contributed by atoms with Gasteiger partial charge in [-0.25, -0.2) is 0 Å². The molecule has 0 aliphatic heterocycles. The van der Waals surface area contributed by atoms with Crippen LogP contribution in [0.2, 0.25) is 5.02 Å². The lowest BCUT2D eigenvalue weighted by molar-refractivity contribution is 0.112. The molecule has 0 aromatic carbocycles. The molecule has 2 aromatic rings. The van der Waals surface area contributed by atoms with Gasteiger partial charge in [-0.1, -0.05) is 11.6 Å². The predicted octanol–water partition coefficient (Wildman–Crippen LogP) is 2.86. The summed E-state index contributed by atoms with van der Waals surface area (Å²) in [5.41, 5.74) is 3.23. The zero-order chi connectivity index (χ0) is 11.7. The minimum atomic E-state index is 0.501. The van der Waals surface area contributed by atoms with Crippen molar-refractivity contribution in [1.29, 1.82) is 0 Å². The van der Waals surface area contributed by atoms with Crippen LogP contribution < -0.4 is 0 Å². The van der Waals surface area contributed by atoms with Crippen LogP contribution in [0.3, 0.4) is 0 Å². The molecule has 0 bridgehead atoms. The summed E-state index contributed by atoms with van der Waals surface area (Å²) in [5, 5.41) is 0.501. The first-order valence-corrected chi connectivity index (χ1v) is 5.25. The first kappa shape index (κ1) is 10.9. The number of aromatic nitrogens is 2. The van der Waals surface area contributed by atoms with Crippen LogP contribution in [0, 0.1) is 6.92 Å². The monoisotopic (exact) mass is 234 g/mol. The summed E-state index contributed by atoms with van der Waals surface area (Å²) in [7, 11) is 1.89.